The van der Waals surface area contributed by atoms with Crippen LogP contribution in [0.1, 0.15) is 53.9 Å². The Labute approximate surface area is 213 Å². The van der Waals surface area contributed by atoms with Crippen LogP contribution < -0.4 is 5.32 Å². The predicted molar refractivity (Wildman–Crippen MR) is 122 cm³/mol. The minimum absolute atomic E-state index is 0.0255. The Hall–Kier alpha value is -1.93. The van der Waals surface area contributed by atoms with Gasteiger partial charge in [0.25, 0.3) is 0 Å². The van der Waals surface area contributed by atoms with Gasteiger partial charge in [0.2, 0.25) is 6.41 Å². The van der Waals surface area contributed by atoms with Gasteiger partial charge < -0.3 is 45.4 Å². The Morgan fingerprint density at radius 2 is 1.76 bits per heavy atom. The number of nitrogens with one attached hydrogen (secondary N) is 1. The van der Waals surface area contributed by atoms with Gasteiger partial charge in [-0.25, -0.2) is 4.79 Å². The van der Waals surface area contributed by atoms with E-state index in [0.29, 0.717) is 12.5 Å². The molecule has 11 atom stereocenters. The van der Waals surface area contributed by atoms with E-state index in [1.54, 1.807) is 6.92 Å². The molecule has 1 amide bonds. The van der Waals surface area contributed by atoms with Crippen molar-refractivity contribution in [3.05, 3.63) is 11.8 Å². The van der Waals surface area contributed by atoms with Gasteiger partial charge in [0.05, 0.1) is 11.5 Å². The first-order valence-corrected chi connectivity index (χ1v) is 12.5. The largest absolute Gasteiger partial charge is 0.451 e. The van der Waals surface area contributed by atoms with Crippen LogP contribution in [0, 0.1) is 22.7 Å². The molecule has 2 heterocycles. The Morgan fingerprint density at radius 1 is 1.14 bits per heavy atom. The fraction of sp³-hybridized carbons (Fsp3) is 0.800. The van der Waals surface area contributed by atoms with Gasteiger partial charge in [0.1, 0.15) is 34.4 Å². The average Bonchev–Trinajstić information content (AvgIpc) is 3.06. The maximum Gasteiger partial charge on any atom is 0.355 e. The number of amides is 1. The lowest BCUT2D eigenvalue weighted by molar-refractivity contribution is -0.390. The first-order valence-electron chi connectivity index (χ1n) is 12.5. The third-order valence-corrected chi connectivity index (χ3v) is 11.2. The number of ether oxygens (including phenoxy) is 2. The van der Waals surface area contributed by atoms with Crippen LogP contribution in [0.15, 0.2) is 11.8 Å². The van der Waals surface area contributed by atoms with E-state index in [4.69, 9.17) is 9.47 Å². The van der Waals surface area contributed by atoms with Gasteiger partial charge in [-0.15, -0.1) is 0 Å². The number of carbonyl (C=O) groups excluding carboxylic acids is 3. The Bertz CT molecular complexity index is 1130. The zero-order valence-electron chi connectivity index (χ0n) is 21.4. The highest BCUT2D eigenvalue weighted by Crippen LogP contribution is 2.90. The summed E-state index contributed by atoms with van der Waals surface area (Å²) in [4.78, 5) is 35.3. The summed E-state index contributed by atoms with van der Waals surface area (Å²) >= 11 is 0. The van der Waals surface area contributed by atoms with E-state index in [0.717, 1.165) is 0 Å². The van der Waals surface area contributed by atoms with Crippen LogP contribution in [-0.2, 0) is 23.9 Å². The van der Waals surface area contributed by atoms with E-state index >= 15 is 0 Å². The van der Waals surface area contributed by atoms with Gasteiger partial charge in [-0.05, 0) is 31.6 Å². The van der Waals surface area contributed by atoms with E-state index in [1.165, 1.54) is 27.7 Å². The fourth-order valence-corrected chi connectivity index (χ4v) is 9.41. The quantitative estimate of drug-likeness (QED) is 0.115. The zero-order valence-corrected chi connectivity index (χ0v) is 21.4. The van der Waals surface area contributed by atoms with Crippen LogP contribution in [0.25, 0.3) is 0 Å². The van der Waals surface area contributed by atoms with Gasteiger partial charge in [-0.2, -0.15) is 0 Å². The SMILES string of the molecule is CC(C)[C@@]1(O)[C@@H](OC(=O)/C(=C/C=O)NC=O)C2(O)[C@@]3(O)[C@]45O[C@@](O)(C[C@@]2(C)[C@@]4(O)CC[C@H](C)[C@H]5O)[C@]31C. The number of allylic oxidation sites excluding steroid dienone is 1. The van der Waals surface area contributed by atoms with Gasteiger partial charge in [0.15, 0.2) is 17.5 Å². The summed E-state index contributed by atoms with van der Waals surface area (Å²) in [6, 6.07) is 0. The van der Waals surface area contributed by atoms with Crippen molar-refractivity contribution in [2.75, 3.05) is 0 Å². The summed E-state index contributed by atoms with van der Waals surface area (Å²) in [5.74, 6) is -5.10. The summed E-state index contributed by atoms with van der Waals surface area (Å²) in [6.07, 6.45) is -2.68. The molecular weight excluding hydrogens is 490 g/mol. The summed E-state index contributed by atoms with van der Waals surface area (Å²) in [5.41, 5.74) is -16.9. The van der Waals surface area contributed by atoms with Crippen molar-refractivity contribution in [2.24, 2.45) is 22.7 Å². The molecule has 0 aromatic rings. The normalized spacial score (nSPS) is 57.4. The molecule has 206 valence electrons. The summed E-state index contributed by atoms with van der Waals surface area (Å²) in [6.45, 7) is 7.45. The molecule has 12 nitrogen and oxygen atoms in total. The molecule has 6 aliphatic rings. The molecule has 6 rings (SSSR count). The van der Waals surface area contributed by atoms with E-state index < -0.39 is 86.8 Å². The topological polar surface area (TPSA) is 203 Å². The molecule has 6 fully saturated rings. The lowest BCUT2D eigenvalue weighted by Gasteiger charge is -2.60. The van der Waals surface area contributed by atoms with Crippen molar-refractivity contribution >= 4 is 18.7 Å². The molecule has 37 heavy (non-hydrogen) atoms. The third-order valence-electron chi connectivity index (χ3n) is 11.2. The number of aliphatic hydroxyl groups excluding tert-OH is 1. The number of aldehydes is 1. The van der Waals surface area contributed by atoms with Crippen LogP contribution in [0.2, 0.25) is 0 Å². The monoisotopic (exact) mass is 525 g/mol. The van der Waals surface area contributed by atoms with Crippen LogP contribution in [0.3, 0.4) is 0 Å². The van der Waals surface area contributed by atoms with Crippen molar-refractivity contribution in [1.82, 2.24) is 5.32 Å². The maximum atomic E-state index is 13.2. The molecule has 6 bridgehead atoms. The molecule has 2 saturated heterocycles. The standard InChI is InChI=1S/C25H35NO11/c1-12(2)22(33)17(36-16(30)14(7-9-27)26-11-28)23(34)18(4)10-21(32)19(22,5)25(23,35)24(37-21)15(29)13(3)6-8-20(18,24)31/h7,9,11-13,15,17,29,31-35H,6,8,10H2,1-5H3,(H,26,28)/b14-7-/t13-,15+,17+,18-,19-,20-,21-,22+,23?,24+,25+/m0/s1. The van der Waals surface area contributed by atoms with Crippen molar-refractivity contribution in [1.29, 1.82) is 0 Å². The fourth-order valence-electron chi connectivity index (χ4n) is 9.41. The minimum atomic E-state index is -2.73. The maximum absolute atomic E-state index is 13.2. The van der Waals surface area contributed by atoms with Crippen molar-refractivity contribution < 1.29 is 54.5 Å². The van der Waals surface area contributed by atoms with Gasteiger partial charge >= 0.3 is 5.97 Å². The van der Waals surface area contributed by atoms with Crippen molar-refractivity contribution in [3.63, 3.8) is 0 Å². The van der Waals surface area contributed by atoms with Gasteiger partial charge in [-0.3, -0.25) is 9.59 Å². The number of carbonyl (C=O) groups is 3. The predicted octanol–water partition coefficient (Wildman–Crippen LogP) is -2.00. The highest BCUT2D eigenvalue weighted by molar-refractivity contribution is 5.94. The molecule has 4 saturated carbocycles. The Kier molecular flexibility index (Phi) is 5.03. The molecule has 0 aromatic carbocycles. The molecule has 0 radical (unpaired) electrons. The second kappa shape index (κ2) is 6.98. The molecule has 1 spiro atoms. The highest BCUT2D eigenvalue weighted by Gasteiger charge is 3.10. The van der Waals surface area contributed by atoms with E-state index in [2.05, 4.69) is 0 Å². The number of aliphatic hydroxyl groups is 6. The van der Waals surface area contributed by atoms with E-state index in [1.807, 2.05) is 5.32 Å². The lowest BCUT2D eigenvalue weighted by atomic mass is 9.52. The molecule has 2 aliphatic heterocycles. The zero-order chi connectivity index (χ0) is 27.8. The number of hydrogen-bond acceptors (Lipinski definition) is 11. The summed E-state index contributed by atoms with van der Waals surface area (Å²) in [5, 5.41) is 75.8. The lowest BCUT2D eigenvalue weighted by Crippen LogP contribution is -2.75. The third kappa shape index (κ3) is 2.07. The van der Waals surface area contributed by atoms with Crippen LogP contribution in [0.4, 0.5) is 0 Å². The second-order valence-corrected chi connectivity index (χ2v) is 12.3. The van der Waals surface area contributed by atoms with Crippen LogP contribution >= 0.6 is 0 Å². The van der Waals surface area contributed by atoms with Gasteiger partial charge in [-0.1, -0.05) is 27.7 Å². The second-order valence-electron chi connectivity index (χ2n) is 12.3. The number of esters is 1. The molecule has 4 aliphatic carbocycles. The minimum Gasteiger partial charge on any atom is -0.451 e. The summed E-state index contributed by atoms with van der Waals surface area (Å²) in [7, 11) is 0. The number of hydrogen-bond donors (Lipinski definition) is 7. The first kappa shape index (κ1) is 26.7. The number of rotatable bonds is 6. The average molecular weight is 526 g/mol. The molecule has 7 N–H and O–H groups in total. The molecule has 12 heteroatoms. The van der Waals surface area contributed by atoms with Crippen molar-refractivity contribution in [2.45, 2.75) is 99.9 Å². The Morgan fingerprint density at radius 3 is 2.30 bits per heavy atom. The summed E-state index contributed by atoms with van der Waals surface area (Å²) < 4.78 is 11.8. The van der Waals surface area contributed by atoms with Crippen LogP contribution in [-0.4, -0.2) is 95.3 Å². The first-order chi connectivity index (χ1) is 16.9. The highest BCUT2D eigenvalue weighted by atomic mass is 16.7. The molecular formula is C25H35NO11. The van der Waals surface area contributed by atoms with E-state index in [9.17, 15) is 45.0 Å². The van der Waals surface area contributed by atoms with Gasteiger partial charge in [0, 0.05) is 17.9 Å². The molecule has 1 unspecified atom stereocenters. The molecule has 0 aromatic heterocycles. The van der Waals surface area contributed by atoms with E-state index in [-0.39, 0.29) is 19.1 Å². The smallest absolute Gasteiger partial charge is 0.355 e. The van der Waals surface area contributed by atoms with Crippen molar-refractivity contribution in [3.8, 4) is 0 Å². The Balaban J connectivity index is 1.84. The van der Waals surface area contributed by atoms with Crippen LogP contribution in [0.5, 0.6) is 0 Å².